The first-order valence-corrected chi connectivity index (χ1v) is 11.8. The van der Waals surface area contributed by atoms with Crippen LogP contribution in [0, 0.1) is 10.8 Å². The molecule has 1 saturated heterocycles. The Morgan fingerprint density at radius 2 is 1.81 bits per heavy atom. The molecule has 2 aromatic rings. The van der Waals surface area contributed by atoms with Crippen LogP contribution in [-0.4, -0.2) is 47.3 Å². The van der Waals surface area contributed by atoms with E-state index in [1.54, 1.807) is 11.1 Å². The van der Waals surface area contributed by atoms with Gasteiger partial charge in [-0.1, -0.05) is 19.8 Å². The van der Waals surface area contributed by atoms with Crippen molar-refractivity contribution in [3.05, 3.63) is 30.5 Å². The van der Waals surface area contributed by atoms with Crippen LogP contribution in [0.3, 0.4) is 0 Å². The molecule has 0 spiro atoms. The van der Waals surface area contributed by atoms with Crippen molar-refractivity contribution in [1.82, 2.24) is 9.97 Å². The Bertz CT molecular complexity index is 976. The predicted octanol–water partition coefficient (Wildman–Crippen LogP) is 4.75. The van der Waals surface area contributed by atoms with Gasteiger partial charge in [-0.05, 0) is 56.4 Å². The van der Waals surface area contributed by atoms with Crippen LogP contribution in [-0.2, 0) is 0 Å². The van der Waals surface area contributed by atoms with Crippen LogP contribution in [0.5, 0.6) is 0 Å². The van der Waals surface area contributed by atoms with Crippen molar-refractivity contribution in [2.24, 2.45) is 0 Å². The predicted molar refractivity (Wildman–Crippen MR) is 131 cm³/mol. The van der Waals surface area contributed by atoms with Gasteiger partial charge >= 0.3 is 0 Å². The summed E-state index contributed by atoms with van der Waals surface area (Å²) in [5.74, 6) is 1.81. The minimum Gasteiger partial charge on any atom is -0.372 e. The molecule has 0 bridgehead atoms. The summed E-state index contributed by atoms with van der Waals surface area (Å²) in [6.07, 6.45) is 11.0. The van der Waals surface area contributed by atoms with Crippen molar-refractivity contribution >= 4 is 41.0 Å². The average molecular weight is 433 g/mol. The van der Waals surface area contributed by atoms with Crippen LogP contribution in [0.25, 0.3) is 0 Å². The smallest absolute Gasteiger partial charge is 0.229 e. The van der Waals surface area contributed by atoms with Crippen LogP contribution in [0.1, 0.15) is 51.9 Å². The molecule has 1 saturated carbocycles. The highest BCUT2D eigenvalue weighted by Crippen LogP contribution is 2.40. The quantitative estimate of drug-likeness (QED) is 0.450. The summed E-state index contributed by atoms with van der Waals surface area (Å²) >= 11 is 0. The molecule has 3 heterocycles. The van der Waals surface area contributed by atoms with Crippen LogP contribution in [0.15, 0.2) is 30.5 Å². The van der Waals surface area contributed by atoms with Crippen LogP contribution >= 0.6 is 0 Å². The number of anilines is 5. The summed E-state index contributed by atoms with van der Waals surface area (Å²) in [6.45, 7) is 4.38. The lowest BCUT2D eigenvalue weighted by Crippen LogP contribution is -2.56. The third-order valence-electron chi connectivity index (χ3n) is 6.99. The van der Waals surface area contributed by atoms with Crippen molar-refractivity contribution in [2.75, 3.05) is 33.1 Å². The first-order valence-electron chi connectivity index (χ1n) is 11.8. The molecule has 168 valence electrons. The molecule has 3 aliphatic rings. The van der Waals surface area contributed by atoms with Gasteiger partial charge < -0.3 is 15.1 Å². The molecule has 0 amide bonds. The summed E-state index contributed by atoms with van der Waals surface area (Å²) in [6, 6.07) is 8.79. The Hall–Kier alpha value is -3.16. The van der Waals surface area contributed by atoms with Gasteiger partial charge in [0.05, 0.1) is 18.6 Å². The summed E-state index contributed by atoms with van der Waals surface area (Å²) in [5, 5.41) is 20.0. The number of rotatable bonds is 6. The number of benzene rings is 1. The van der Waals surface area contributed by atoms with Gasteiger partial charge in [-0.15, -0.1) is 0 Å². The average Bonchev–Trinajstić information content (AvgIpc) is 3.54. The molecule has 2 aliphatic heterocycles. The number of fused-ring (bicyclic) bond motifs is 1. The molecule has 2 fully saturated rings. The SMILES string of the molecule is CCC1C(=N)N(C=N)c2cnc(Nc3ccc(N4CCCC4)cc3)nc2N1C1CCCC1. The molecule has 1 aromatic heterocycles. The zero-order valence-corrected chi connectivity index (χ0v) is 18.7. The molecule has 1 aromatic carbocycles. The molecule has 5 rings (SSSR count). The zero-order chi connectivity index (χ0) is 22.1. The lowest BCUT2D eigenvalue weighted by atomic mass is 10.0. The van der Waals surface area contributed by atoms with Gasteiger partial charge in [0.2, 0.25) is 5.95 Å². The molecular formula is C24H32N8. The fraction of sp³-hybridized carbons (Fsp3) is 0.500. The summed E-state index contributed by atoms with van der Waals surface area (Å²) < 4.78 is 0. The molecule has 8 heteroatoms. The van der Waals surface area contributed by atoms with Gasteiger partial charge in [-0.2, -0.15) is 4.98 Å². The van der Waals surface area contributed by atoms with E-state index >= 15 is 0 Å². The van der Waals surface area contributed by atoms with E-state index in [0.717, 1.165) is 49.5 Å². The highest BCUT2D eigenvalue weighted by molar-refractivity contribution is 6.16. The molecule has 32 heavy (non-hydrogen) atoms. The van der Waals surface area contributed by atoms with E-state index in [2.05, 4.69) is 51.3 Å². The Balaban J connectivity index is 1.45. The Morgan fingerprint density at radius 3 is 2.47 bits per heavy atom. The number of nitrogens with one attached hydrogen (secondary N) is 3. The number of aromatic nitrogens is 2. The van der Waals surface area contributed by atoms with Crippen LogP contribution in [0.4, 0.5) is 28.8 Å². The van der Waals surface area contributed by atoms with E-state index in [1.807, 2.05) is 0 Å². The minimum atomic E-state index is -0.0744. The van der Waals surface area contributed by atoms with Gasteiger partial charge in [-0.3, -0.25) is 15.7 Å². The van der Waals surface area contributed by atoms with Gasteiger partial charge in [0.1, 0.15) is 11.5 Å². The standard InChI is InChI=1S/C24H32N8/c1-2-20-22(26)31(16-25)21-15-27-24(29-23(21)32(20)19-7-3-4-8-19)28-17-9-11-18(12-10-17)30-13-5-6-14-30/h9-12,15-16,19-20,25-26H,2-8,13-14H2,1H3,(H,27,28,29). The second-order valence-electron chi connectivity index (χ2n) is 8.92. The molecule has 1 aliphatic carbocycles. The number of amidine groups is 1. The van der Waals surface area contributed by atoms with Crippen molar-refractivity contribution < 1.29 is 0 Å². The van der Waals surface area contributed by atoms with E-state index in [1.165, 1.54) is 37.7 Å². The zero-order valence-electron chi connectivity index (χ0n) is 18.7. The van der Waals surface area contributed by atoms with Crippen LogP contribution < -0.4 is 20.0 Å². The van der Waals surface area contributed by atoms with E-state index in [0.29, 0.717) is 17.8 Å². The summed E-state index contributed by atoms with van der Waals surface area (Å²) in [5.41, 5.74) is 2.94. The molecule has 0 radical (unpaired) electrons. The van der Waals surface area contributed by atoms with Crippen LogP contribution in [0.2, 0.25) is 0 Å². The maximum Gasteiger partial charge on any atom is 0.229 e. The summed E-state index contributed by atoms with van der Waals surface area (Å²) in [7, 11) is 0. The van der Waals surface area contributed by atoms with E-state index in [9.17, 15) is 0 Å². The third kappa shape index (κ3) is 3.67. The highest BCUT2D eigenvalue weighted by Gasteiger charge is 2.40. The van der Waals surface area contributed by atoms with Gasteiger partial charge in [0.25, 0.3) is 0 Å². The first kappa shape index (κ1) is 20.7. The Kier molecular flexibility index (Phi) is 5.68. The topological polar surface area (TPSA) is 95.2 Å². The maximum absolute atomic E-state index is 8.71. The molecule has 1 unspecified atom stereocenters. The second-order valence-corrected chi connectivity index (χ2v) is 8.92. The molecular weight excluding hydrogens is 400 g/mol. The normalized spacial score (nSPS) is 21.2. The largest absolute Gasteiger partial charge is 0.372 e. The third-order valence-corrected chi connectivity index (χ3v) is 6.99. The summed E-state index contributed by atoms with van der Waals surface area (Å²) in [4.78, 5) is 15.8. The number of hydrogen-bond acceptors (Lipinski definition) is 7. The number of nitrogens with zero attached hydrogens (tertiary/aromatic N) is 5. The minimum absolute atomic E-state index is 0.0744. The number of hydrogen-bond donors (Lipinski definition) is 3. The Labute approximate surface area is 189 Å². The lowest BCUT2D eigenvalue weighted by molar-refractivity contribution is 0.548. The van der Waals surface area contributed by atoms with Gasteiger partial charge in [0, 0.05) is 30.5 Å². The fourth-order valence-corrected chi connectivity index (χ4v) is 5.36. The van der Waals surface area contributed by atoms with Crippen molar-refractivity contribution in [3.8, 4) is 0 Å². The second kappa shape index (κ2) is 8.76. The Morgan fingerprint density at radius 1 is 1.09 bits per heavy atom. The highest BCUT2D eigenvalue weighted by atomic mass is 15.4. The molecule has 3 N–H and O–H groups in total. The van der Waals surface area contributed by atoms with Crippen molar-refractivity contribution in [2.45, 2.75) is 64.0 Å². The van der Waals surface area contributed by atoms with Gasteiger partial charge in [0.15, 0.2) is 5.82 Å². The van der Waals surface area contributed by atoms with Crippen molar-refractivity contribution in [1.29, 1.82) is 10.8 Å². The van der Waals surface area contributed by atoms with Crippen molar-refractivity contribution in [3.63, 3.8) is 0 Å². The van der Waals surface area contributed by atoms with E-state index in [4.69, 9.17) is 15.8 Å². The van der Waals surface area contributed by atoms with E-state index in [-0.39, 0.29) is 6.04 Å². The monoisotopic (exact) mass is 432 g/mol. The molecule has 1 atom stereocenters. The van der Waals surface area contributed by atoms with E-state index < -0.39 is 0 Å². The molecule has 8 nitrogen and oxygen atoms in total. The fourth-order valence-electron chi connectivity index (χ4n) is 5.36. The van der Waals surface area contributed by atoms with Gasteiger partial charge in [-0.25, -0.2) is 4.98 Å². The first-order chi connectivity index (χ1) is 15.7. The lowest BCUT2D eigenvalue weighted by Gasteiger charge is -2.44. The maximum atomic E-state index is 8.71.